The van der Waals surface area contributed by atoms with Gasteiger partial charge in [0.25, 0.3) is 11.8 Å². The van der Waals surface area contributed by atoms with E-state index in [1.54, 1.807) is 25.1 Å². The summed E-state index contributed by atoms with van der Waals surface area (Å²) in [5.74, 6) is -1.26. The van der Waals surface area contributed by atoms with Gasteiger partial charge in [0, 0.05) is 23.1 Å². The number of fused-ring (bicyclic) bond motifs is 1. The van der Waals surface area contributed by atoms with Crippen molar-refractivity contribution in [1.29, 1.82) is 0 Å². The van der Waals surface area contributed by atoms with Gasteiger partial charge in [0.2, 0.25) is 11.8 Å². The molecule has 32 heavy (non-hydrogen) atoms. The summed E-state index contributed by atoms with van der Waals surface area (Å²) >= 11 is 5.85. The van der Waals surface area contributed by atoms with Crippen LogP contribution in [0.2, 0.25) is 5.02 Å². The van der Waals surface area contributed by atoms with Crippen molar-refractivity contribution in [3.05, 3.63) is 53.1 Å². The molecule has 10 heteroatoms. The molecule has 166 valence electrons. The van der Waals surface area contributed by atoms with Gasteiger partial charge < -0.3 is 9.47 Å². The second kappa shape index (κ2) is 8.88. The summed E-state index contributed by atoms with van der Waals surface area (Å²) in [6.07, 6.45) is -0.233. The number of nitrogens with zero attached hydrogens (tertiary/aromatic N) is 2. The lowest BCUT2D eigenvalue weighted by Crippen LogP contribution is -2.54. The molecule has 2 aliphatic rings. The van der Waals surface area contributed by atoms with Crippen molar-refractivity contribution >= 4 is 40.9 Å². The predicted molar refractivity (Wildman–Crippen MR) is 114 cm³/mol. The molecule has 1 unspecified atom stereocenters. The van der Waals surface area contributed by atoms with Gasteiger partial charge in [-0.3, -0.25) is 24.6 Å². The Labute approximate surface area is 188 Å². The lowest BCUT2D eigenvalue weighted by molar-refractivity contribution is -0.140. The highest BCUT2D eigenvalue weighted by Crippen LogP contribution is 2.36. The first-order chi connectivity index (χ1) is 15.4. The van der Waals surface area contributed by atoms with E-state index in [-0.39, 0.29) is 18.4 Å². The van der Waals surface area contributed by atoms with Gasteiger partial charge in [0.05, 0.1) is 12.1 Å². The standard InChI is InChI=1S/C22H20ClN3O6/c1-2-19(27)26(24-21(29)13-3-5-14(23)6-4-13)16-12-20(28)25(22(16)30)15-7-8-17-18(11-15)32-10-9-31-17/h3-8,11,16H,2,9-10,12H2,1H3,(H,24,29). The number of halogens is 1. The van der Waals surface area contributed by atoms with Crippen molar-refractivity contribution < 1.29 is 28.7 Å². The Morgan fingerprint density at radius 3 is 2.47 bits per heavy atom. The van der Waals surface area contributed by atoms with E-state index in [9.17, 15) is 19.2 Å². The van der Waals surface area contributed by atoms with Crippen molar-refractivity contribution in [2.24, 2.45) is 0 Å². The van der Waals surface area contributed by atoms with Crippen molar-refractivity contribution in [2.75, 3.05) is 18.1 Å². The molecule has 0 aliphatic carbocycles. The second-order valence-corrected chi connectivity index (χ2v) is 7.62. The van der Waals surface area contributed by atoms with E-state index in [0.717, 1.165) is 9.91 Å². The summed E-state index contributed by atoms with van der Waals surface area (Å²) in [6.45, 7) is 2.37. The number of benzene rings is 2. The van der Waals surface area contributed by atoms with Crippen LogP contribution in [0, 0.1) is 0 Å². The molecule has 4 rings (SSSR count). The molecular formula is C22H20ClN3O6. The van der Waals surface area contributed by atoms with Gasteiger partial charge in [-0.1, -0.05) is 18.5 Å². The maximum atomic E-state index is 13.2. The molecule has 0 radical (unpaired) electrons. The van der Waals surface area contributed by atoms with Gasteiger partial charge in [0.15, 0.2) is 11.5 Å². The molecule has 0 spiro atoms. The first-order valence-electron chi connectivity index (χ1n) is 10.0. The molecule has 1 fully saturated rings. The Morgan fingerprint density at radius 2 is 1.78 bits per heavy atom. The number of anilines is 1. The van der Waals surface area contributed by atoms with Gasteiger partial charge in [-0.15, -0.1) is 0 Å². The SMILES string of the molecule is CCC(=O)N(NC(=O)c1ccc(Cl)cc1)C1CC(=O)N(c2ccc3c(c2)OCCO3)C1=O. The molecule has 0 bridgehead atoms. The molecule has 1 atom stereocenters. The highest BCUT2D eigenvalue weighted by Gasteiger charge is 2.45. The number of nitrogens with one attached hydrogen (secondary N) is 1. The van der Waals surface area contributed by atoms with Crippen LogP contribution in [0.5, 0.6) is 11.5 Å². The highest BCUT2D eigenvalue weighted by atomic mass is 35.5. The predicted octanol–water partition coefficient (Wildman–Crippen LogP) is 2.33. The third-order valence-electron chi connectivity index (χ3n) is 5.12. The lowest BCUT2D eigenvalue weighted by Gasteiger charge is -2.27. The zero-order chi connectivity index (χ0) is 22.8. The van der Waals surface area contributed by atoms with Crippen LogP contribution < -0.4 is 19.8 Å². The van der Waals surface area contributed by atoms with E-state index in [2.05, 4.69) is 5.43 Å². The molecule has 2 heterocycles. The largest absolute Gasteiger partial charge is 0.486 e. The smallest absolute Gasteiger partial charge is 0.269 e. The van der Waals surface area contributed by atoms with Crippen LogP contribution in [0.3, 0.4) is 0 Å². The number of carbonyl (C=O) groups excluding carboxylic acids is 4. The van der Waals surface area contributed by atoms with Crippen LogP contribution in [0.25, 0.3) is 0 Å². The van der Waals surface area contributed by atoms with Crippen molar-refractivity contribution in [3.8, 4) is 11.5 Å². The average molecular weight is 458 g/mol. The molecule has 9 nitrogen and oxygen atoms in total. The van der Waals surface area contributed by atoms with E-state index in [4.69, 9.17) is 21.1 Å². The number of imide groups is 1. The summed E-state index contributed by atoms with van der Waals surface area (Å²) < 4.78 is 11.0. The number of hydrogen-bond acceptors (Lipinski definition) is 6. The highest BCUT2D eigenvalue weighted by molar-refractivity contribution is 6.30. The maximum absolute atomic E-state index is 13.2. The van der Waals surface area contributed by atoms with Gasteiger partial charge >= 0.3 is 0 Å². The summed E-state index contributed by atoms with van der Waals surface area (Å²) in [7, 11) is 0. The van der Waals surface area contributed by atoms with E-state index >= 15 is 0 Å². The molecule has 1 saturated heterocycles. The fourth-order valence-corrected chi connectivity index (χ4v) is 3.65. The minimum Gasteiger partial charge on any atom is -0.486 e. The minimum absolute atomic E-state index is 0.0306. The molecule has 2 aromatic rings. The monoisotopic (exact) mass is 457 g/mol. The van der Waals surface area contributed by atoms with Gasteiger partial charge in [0.1, 0.15) is 19.3 Å². The van der Waals surface area contributed by atoms with E-state index < -0.39 is 29.7 Å². The number of ether oxygens (including phenoxy) is 2. The quantitative estimate of drug-likeness (QED) is 0.558. The zero-order valence-electron chi connectivity index (χ0n) is 17.2. The maximum Gasteiger partial charge on any atom is 0.269 e. The molecule has 1 N–H and O–H groups in total. The topological polar surface area (TPSA) is 105 Å². The van der Waals surface area contributed by atoms with Crippen LogP contribution in [-0.2, 0) is 14.4 Å². The minimum atomic E-state index is -1.17. The number of carbonyl (C=O) groups is 4. The summed E-state index contributed by atoms with van der Waals surface area (Å²) in [4.78, 5) is 52.1. The first kappa shape index (κ1) is 21.6. The normalized spacial score (nSPS) is 17.3. The molecule has 4 amide bonds. The summed E-state index contributed by atoms with van der Waals surface area (Å²) in [5, 5.41) is 1.39. The third kappa shape index (κ3) is 4.11. The Balaban J connectivity index is 1.58. The Kier molecular flexibility index (Phi) is 6.00. The van der Waals surface area contributed by atoms with Crippen LogP contribution in [0.4, 0.5) is 5.69 Å². The molecule has 0 aromatic heterocycles. The van der Waals surface area contributed by atoms with Gasteiger partial charge in [-0.05, 0) is 36.4 Å². The zero-order valence-corrected chi connectivity index (χ0v) is 17.9. The fourth-order valence-electron chi connectivity index (χ4n) is 3.52. The summed E-state index contributed by atoms with van der Waals surface area (Å²) in [6, 6.07) is 9.64. The van der Waals surface area contributed by atoms with Crippen molar-refractivity contribution in [3.63, 3.8) is 0 Å². The van der Waals surface area contributed by atoms with Crippen LogP contribution in [0.15, 0.2) is 42.5 Å². The van der Waals surface area contributed by atoms with Crippen molar-refractivity contribution in [1.82, 2.24) is 10.4 Å². The van der Waals surface area contributed by atoms with E-state index in [1.807, 2.05) is 0 Å². The number of hydrazine groups is 1. The Morgan fingerprint density at radius 1 is 1.09 bits per heavy atom. The second-order valence-electron chi connectivity index (χ2n) is 7.18. The van der Waals surface area contributed by atoms with Gasteiger partial charge in [-0.25, -0.2) is 9.91 Å². The third-order valence-corrected chi connectivity index (χ3v) is 5.37. The molecule has 2 aliphatic heterocycles. The Bertz CT molecular complexity index is 1090. The Hall–Kier alpha value is -3.59. The number of rotatable bonds is 4. The van der Waals surface area contributed by atoms with Crippen molar-refractivity contribution in [2.45, 2.75) is 25.8 Å². The molecule has 0 saturated carbocycles. The first-order valence-corrected chi connectivity index (χ1v) is 10.4. The van der Waals surface area contributed by atoms with Crippen LogP contribution in [0.1, 0.15) is 30.1 Å². The van der Waals surface area contributed by atoms with Crippen LogP contribution >= 0.6 is 11.6 Å². The fraction of sp³-hybridized carbons (Fsp3) is 0.273. The number of amides is 4. The molecule has 2 aromatic carbocycles. The van der Waals surface area contributed by atoms with Gasteiger partial charge in [-0.2, -0.15) is 0 Å². The summed E-state index contributed by atoms with van der Waals surface area (Å²) in [5.41, 5.74) is 3.03. The lowest BCUT2D eigenvalue weighted by atomic mass is 10.2. The van der Waals surface area contributed by atoms with E-state index in [0.29, 0.717) is 35.4 Å². The average Bonchev–Trinajstić information content (AvgIpc) is 3.10. The molecular weight excluding hydrogens is 438 g/mol. The van der Waals surface area contributed by atoms with E-state index in [1.165, 1.54) is 24.3 Å². The van der Waals surface area contributed by atoms with Crippen LogP contribution in [-0.4, -0.2) is 47.9 Å². The number of hydrogen-bond donors (Lipinski definition) is 1.